The van der Waals surface area contributed by atoms with Crippen molar-refractivity contribution in [3.8, 4) is 0 Å². The zero-order valence-corrected chi connectivity index (χ0v) is 10.9. The van der Waals surface area contributed by atoms with Crippen LogP contribution in [0.25, 0.3) is 0 Å². The van der Waals surface area contributed by atoms with Crippen molar-refractivity contribution in [2.45, 2.75) is 19.3 Å². The molecule has 0 aromatic heterocycles. The van der Waals surface area contributed by atoms with Gasteiger partial charge >= 0.3 is 0 Å². The summed E-state index contributed by atoms with van der Waals surface area (Å²) in [5, 5.41) is 3.14. The predicted octanol–water partition coefficient (Wildman–Crippen LogP) is 1.38. The lowest BCUT2D eigenvalue weighted by molar-refractivity contribution is 0.186. The molecule has 1 unspecified atom stereocenters. The summed E-state index contributed by atoms with van der Waals surface area (Å²) in [5.41, 5.74) is 0. The average Bonchev–Trinajstić information content (AvgIpc) is 2.27. The predicted molar refractivity (Wildman–Crippen MR) is 70.5 cm³/mol. The first-order chi connectivity index (χ1) is 7.72. The molecule has 1 aliphatic heterocycles. The van der Waals surface area contributed by atoms with Gasteiger partial charge in [0.15, 0.2) is 0 Å². The van der Waals surface area contributed by atoms with Crippen molar-refractivity contribution in [2.24, 2.45) is 5.92 Å². The first kappa shape index (κ1) is 13.5. The summed E-state index contributed by atoms with van der Waals surface area (Å²) >= 11 is 0. The van der Waals surface area contributed by atoms with Crippen LogP contribution in [0.2, 0.25) is 0 Å². The number of piperidine rings is 1. The second-order valence-corrected chi connectivity index (χ2v) is 5.02. The van der Waals surface area contributed by atoms with Crippen LogP contribution in [-0.2, 0) is 0 Å². The van der Waals surface area contributed by atoms with E-state index in [9.17, 15) is 0 Å². The largest absolute Gasteiger partial charge is 0.390 e. The molecule has 0 bridgehead atoms. The second kappa shape index (κ2) is 7.69. The maximum Gasteiger partial charge on any atom is 0.0269 e. The van der Waals surface area contributed by atoms with Gasteiger partial charge in [-0.15, -0.1) is 0 Å². The van der Waals surface area contributed by atoms with Crippen LogP contribution >= 0.6 is 0 Å². The topological polar surface area (TPSA) is 18.5 Å². The van der Waals surface area contributed by atoms with Gasteiger partial charge < -0.3 is 15.1 Å². The number of rotatable bonds is 7. The monoisotopic (exact) mass is 225 g/mol. The number of likely N-dealkylation sites (tertiary alicyclic amines) is 1. The molecule has 1 N–H and O–H groups in total. The molecule has 0 spiro atoms. The van der Waals surface area contributed by atoms with Crippen LogP contribution in [0.15, 0.2) is 12.8 Å². The molecule has 0 radical (unpaired) electrons. The molecule has 3 heteroatoms. The first-order valence-corrected chi connectivity index (χ1v) is 6.43. The minimum absolute atomic E-state index is 0.911. The number of nitrogens with zero attached hydrogens (tertiary/aromatic N) is 2. The van der Waals surface area contributed by atoms with Crippen LogP contribution in [0.5, 0.6) is 0 Å². The molecule has 94 valence electrons. The maximum absolute atomic E-state index is 3.65. The van der Waals surface area contributed by atoms with Crippen LogP contribution < -0.4 is 5.32 Å². The summed E-state index contributed by atoms with van der Waals surface area (Å²) in [6.45, 7) is 9.56. The van der Waals surface area contributed by atoms with Crippen LogP contribution in [0.4, 0.5) is 0 Å². The van der Waals surface area contributed by atoms with E-state index in [0.29, 0.717) is 0 Å². The molecule has 3 nitrogen and oxygen atoms in total. The van der Waals surface area contributed by atoms with Crippen molar-refractivity contribution in [1.29, 1.82) is 0 Å². The third-order valence-corrected chi connectivity index (χ3v) is 3.42. The summed E-state index contributed by atoms with van der Waals surface area (Å²) in [6.07, 6.45) is 5.91. The molecule has 1 aliphatic rings. The van der Waals surface area contributed by atoms with Gasteiger partial charge in [0.1, 0.15) is 0 Å². The molecule has 1 saturated heterocycles. The quantitative estimate of drug-likeness (QED) is 0.661. The smallest absolute Gasteiger partial charge is 0.0269 e. The van der Waals surface area contributed by atoms with E-state index < -0.39 is 0 Å². The van der Waals surface area contributed by atoms with E-state index in [0.717, 1.165) is 19.0 Å². The van der Waals surface area contributed by atoms with E-state index >= 15 is 0 Å². The molecule has 0 aliphatic carbocycles. The Balaban J connectivity index is 2.06. The van der Waals surface area contributed by atoms with Gasteiger partial charge in [-0.05, 0) is 58.6 Å². The zero-order valence-electron chi connectivity index (χ0n) is 10.9. The lowest BCUT2D eigenvalue weighted by Crippen LogP contribution is -2.35. The van der Waals surface area contributed by atoms with Crippen molar-refractivity contribution in [3.63, 3.8) is 0 Å². The Morgan fingerprint density at radius 2 is 2.31 bits per heavy atom. The van der Waals surface area contributed by atoms with E-state index in [1.807, 2.05) is 0 Å². The van der Waals surface area contributed by atoms with Crippen LogP contribution in [0.1, 0.15) is 19.3 Å². The van der Waals surface area contributed by atoms with E-state index in [1.165, 1.54) is 38.9 Å². The minimum atomic E-state index is 0.911. The van der Waals surface area contributed by atoms with E-state index in [1.54, 1.807) is 6.20 Å². The molecule has 1 fully saturated rings. The molecule has 1 heterocycles. The first-order valence-electron chi connectivity index (χ1n) is 6.43. The molecule has 16 heavy (non-hydrogen) atoms. The number of hydrogen-bond donors (Lipinski definition) is 1. The summed E-state index contributed by atoms with van der Waals surface area (Å²) in [4.78, 5) is 4.87. The Morgan fingerprint density at radius 1 is 1.50 bits per heavy atom. The lowest BCUT2D eigenvalue weighted by atomic mass is 9.95. The van der Waals surface area contributed by atoms with Crippen molar-refractivity contribution in [3.05, 3.63) is 12.8 Å². The van der Waals surface area contributed by atoms with Gasteiger partial charge in [0.25, 0.3) is 0 Å². The van der Waals surface area contributed by atoms with Crippen LogP contribution in [0, 0.1) is 5.92 Å². The summed E-state index contributed by atoms with van der Waals surface area (Å²) in [5.74, 6) is 0.911. The highest BCUT2D eigenvalue weighted by atomic mass is 15.1. The average molecular weight is 225 g/mol. The van der Waals surface area contributed by atoms with Crippen molar-refractivity contribution < 1.29 is 0 Å². The zero-order chi connectivity index (χ0) is 11.8. The van der Waals surface area contributed by atoms with E-state index in [2.05, 4.69) is 35.8 Å². The van der Waals surface area contributed by atoms with Gasteiger partial charge in [0, 0.05) is 19.6 Å². The molecule has 1 atom stereocenters. The Labute approximate surface area is 100 Å². The third kappa shape index (κ3) is 5.52. The second-order valence-electron chi connectivity index (χ2n) is 5.02. The van der Waals surface area contributed by atoms with Crippen molar-refractivity contribution >= 4 is 0 Å². The van der Waals surface area contributed by atoms with Crippen LogP contribution in [0.3, 0.4) is 0 Å². The highest BCUT2D eigenvalue weighted by Gasteiger charge is 2.16. The van der Waals surface area contributed by atoms with Gasteiger partial charge in [0.2, 0.25) is 0 Å². The summed E-state index contributed by atoms with van der Waals surface area (Å²) in [6, 6.07) is 0. The molecule has 0 amide bonds. The minimum Gasteiger partial charge on any atom is -0.390 e. The van der Waals surface area contributed by atoms with E-state index in [-0.39, 0.29) is 0 Å². The lowest BCUT2D eigenvalue weighted by Gasteiger charge is -2.30. The molecular weight excluding hydrogens is 198 g/mol. The highest BCUT2D eigenvalue weighted by Crippen LogP contribution is 2.18. The molecule has 1 rings (SSSR count). The van der Waals surface area contributed by atoms with E-state index in [4.69, 9.17) is 0 Å². The normalized spacial score (nSPS) is 22.3. The third-order valence-electron chi connectivity index (χ3n) is 3.42. The fraction of sp³-hybridized carbons (Fsp3) is 0.846. The summed E-state index contributed by atoms with van der Waals surface area (Å²) < 4.78 is 0. The SMILES string of the molecule is C=CNCCN(C)CCC1CCCN(C)C1. The van der Waals surface area contributed by atoms with Crippen LogP contribution in [-0.4, -0.2) is 56.6 Å². The number of nitrogens with one attached hydrogen (secondary N) is 1. The molecular formula is C13H27N3. The van der Waals surface area contributed by atoms with Gasteiger partial charge in [-0.3, -0.25) is 0 Å². The Morgan fingerprint density at radius 3 is 3.00 bits per heavy atom. The molecule has 0 saturated carbocycles. The number of hydrogen-bond acceptors (Lipinski definition) is 3. The van der Waals surface area contributed by atoms with Gasteiger partial charge in [-0.25, -0.2) is 0 Å². The highest BCUT2D eigenvalue weighted by molar-refractivity contribution is 4.72. The Kier molecular flexibility index (Phi) is 6.50. The standard InChI is InChI=1S/C13H27N3/c1-4-14-8-11-15(2)10-7-13-6-5-9-16(3)12-13/h4,13-14H,1,5-12H2,2-3H3. The van der Waals surface area contributed by atoms with Gasteiger partial charge in [-0.2, -0.15) is 0 Å². The van der Waals surface area contributed by atoms with Crippen molar-refractivity contribution in [2.75, 3.05) is 46.8 Å². The Bertz CT molecular complexity index is 194. The number of likely N-dealkylation sites (N-methyl/N-ethyl adjacent to an activating group) is 1. The maximum atomic E-state index is 3.65. The molecule has 0 aromatic rings. The summed E-state index contributed by atoms with van der Waals surface area (Å²) in [7, 11) is 4.45. The molecule has 0 aromatic carbocycles. The fourth-order valence-corrected chi connectivity index (χ4v) is 2.38. The van der Waals surface area contributed by atoms with Gasteiger partial charge in [-0.1, -0.05) is 6.58 Å². The Hall–Kier alpha value is -0.540. The fourth-order valence-electron chi connectivity index (χ4n) is 2.38. The van der Waals surface area contributed by atoms with Gasteiger partial charge in [0.05, 0.1) is 0 Å². The van der Waals surface area contributed by atoms with Crippen molar-refractivity contribution in [1.82, 2.24) is 15.1 Å².